The Morgan fingerprint density at radius 2 is 1.89 bits per heavy atom. The first-order valence-corrected chi connectivity index (χ1v) is 10.6. The summed E-state index contributed by atoms with van der Waals surface area (Å²) >= 11 is 0. The summed E-state index contributed by atoms with van der Waals surface area (Å²) in [5.41, 5.74) is 1.75. The van der Waals surface area contributed by atoms with Gasteiger partial charge in [-0.3, -0.25) is 0 Å². The molecule has 2 aromatic carbocycles. The van der Waals surface area contributed by atoms with E-state index in [-0.39, 0.29) is 18.2 Å². The fourth-order valence-electron chi connectivity index (χ4n) is 2.79. The number of fused-ring (bicyclic) bond motifs is 1. The van der Waals surface area contributed by atoms with Gasteiger partial charge in [0.05, 0.1) is 6.61 Å². The molecule has 1 aliphatic rings. The number of sulfonamides is 1. The van der Waals surface area contributed by atoms with E-state index in [1.165, 1.54) is 0 Å². The second-order valence-electron chi connectivity index (χ2n) is 6.52. The maximum absolute atomic E-state index is 12.8. The van der Waals surface area contributed by atoms with Crippen LogP contribution in [0.25, 0.3) is 0 Å². The van der Waals surface area contributed by atoms with E-state index in [0.29, 0.717) is 23.9 Å². The highest BCUT2D eigenvalue weighted by Gasteiger charge is 2.20. The molecule has 0 saturated carbocycles. The van der Waals surface area contributed by atoms with Gasteiger partial charge in [0.1, 0.15) is 10.6 Å². The van der Waals surface area contributed by atoms with Crippen LogP contribution >= 0.6 is 0 Å². The van der Waals surface area contributed by atoms with Gasteiger partial charge in [-0.25, -0.2) is 13.1 Å². The third-order valence-corrected chi connectivity index (χ3v) is 5.74. The zero-order valence-electron chi connectivity index (χ0n) is 15.7. The number of hydrogen-bond donors (Lipinski definition) is 1. The smallest absolute Gasteiger partial charge is 0.244 e. The summed E-state index contributed by atoms with van der Waals surface area (Å²) in [4.78, 5) is 0.158. The number of unbranched alkanes of at least 4 members (excludes halogenated alkanes) is 2. The largest absolute Gasteiger partial charge is 0.492 e. The average molecular weight is 391 g/mol. The third kappa shape index (κ3) is 4.93. The fourth-order valence-corrected chi connectivity index (χ4v) is 3.93. The molecule has 3 rings (SSSR count). The highest BCUT2D eigenvalue weighted by atomic mass is 32.2. The van der Waals surface area contributed by atoms with Gasteiger partial charge in [-0.2, -0.15) is 0 Å². The molecule has 0 aromatic heterocycles. The van der Waals surface area contributed by atoms with E-state index in [4.69, 9.17) is 14.2 Å². The molecule has 0 radical (unpaired) electrons. The van der Waals surface area contributed by atoms with Crippen LogP contribution in [0.5, 0.6) is 17.2 Å². The molecule has 1 heterocycles. The Morgan fingerprint density at radius 3 is 2.70 bits per heavy atom. The van der Waals surface area contributed by atoms with Gasteiger partial charge < -0.3 is 14.2 Å². The lowest BCUT2D eigenvalue weighted by atomic mass is 10.2. The fraction of sp³-hybridized carbons (Fsp3) is 0.400. The molecule has 146 valence electrons. The van der Waals surface area contributed by atoms with Crippen molar-refractivity contribution in [3.05, 3.63) is 47.5 Å². The maximum atomic E-state index is 12.8. The molecular formula is C20H25NO5S. The molecule has 0 amide bonds. The van der Waals surface area contributed by atoms with Crippen molar-refractivity contribution in [2.24, 2.45) is 0 Å². The van der Waals surface area contributed by atoms with Gasteiger partial charge in [0.15, 0.2) is 11.5 Å². The highest BCUT2D eigenvalue weighted by molar-refractivity contribution is 7.89. The quantitative estimate of drug-likeness (QED) is 0.659. The SMILES string of the molecule is CCCCCOc1cc(C)ccc1S(=O)(=O)NCc1ccc2c(c1)OCO2. The predicted molar refractivity (Wildman–Crippen MR) is 103 cm³/mol. The van der Waals surface area contributed by atoms with Crippen LogP contribution in [0, 0.1) is 6.92 Å². The molecule has 6 nitrogen and oxygen atoms in total. The monoisotopic (exact) mass is 391 g/mol. The van der Waals surface area contributed by atoms with Gasteiger partial charge >= 0.3 is 0 Å². The molecule has 7 heteroatoms. The number of hydrogen-bond acceptors (Lipinski definition) is 5. The van der Waals surface area contributed by atoms with E-state index >= 15 is 0 Å². The van der Waals surface area contributed by atoms with Crippen LogP contribution in [0.1, 0.15) is 37.3 Å². The first-order chi connectivity index (χ1) is 13.0. The predicted octanol–water partition coefficient (Wildman–Crippen LogP) is 3.77. The van der Waals surface area contributed by atoms with Gasteiger partial charge in [-0.1, -0.05) is 31.9 Å². The van der Waals surface area contributed by atoms with Crippen molar-refractivity contribution in [3.63, 3.8) is 0 Å². The van der Waals surface area contributed by atoms with Crippen LogP contribution in [0.15, 0.2) is 41.3 Å². The standard InChI is InChI=1S/C20H25NO5S/c1-3-4-5-10-24-19-11-15(2)6-9-20(19)27(22,23)21-13-16-7-8-17-18(12-16)26-14-25-17/h6-9,11-12,21H,3-5,10,13-14H2,1-2H3. The first kappa shape index (κ1) is 19.5. The number of benzene rings is 2. The van der Waals surface area contributed by atoms with Crippen molar-refractivity contribution in [3.8, 4) is 17.2 Å². The third-order valence-electron chi connectivity index (χ3n) is 4.30. The second kappa shape index (κ2) is 8.63. The lowest BCUT2D eigenvalue weighted by Crippen LogP contribution is -2.24. The summed E-state index contributed by atoms with van der Waals surface area (Å²) in [6.07, 6.45) is 3.03. The minimum atomic E-state index is -3.71. The summed E-state index contributed by atoms with van der Waals surface area (Å²) in [6, 6.07) is 10.5. The summed E-state index contributed by atoms with van der Waals surface area (Å²) in [6.45, 7) is 4.87. The number of aryl methyl sites for hydroxylation is 1. The van der Waals surface area contributed by atoms with Crippen molar-refractivity contribution < 1.29 is 22.6 Å². The Hall–Kier alpha value is -2.25. The minimum absolute atomic E-state index is 0.155. The summed E-state index contributed by atoms with van der Waals surface area (Å²) in [5.74, 6) is 1.69. The molecule has 0 fully saturated rings. The van der Waals surface area contributed by atoms with E-state index in [2.05, 4.69) is 11.6 Å². The molecule has 0 spiro atoms. The van der Waals surface area contributed by atoms with Gasteiger partial charge in [0, 0.05) is 6.54 Å². The Bertz CT molecular complexity index is 895. The number of ether oxygens (including phenoxy) is 3. The molecular weight excluding hydrogens is 366 g/mol. The zero-order chi connectivity index (χ0) is 19.3. The van der Waals surface area contributed by atoms with Crippen molar-refractivity contribution in [2.45, 2.75) is 44.6 Å². The molecule has 1 N–H and O–H groups in total. The van der Waals surface area contributed by atoms with Gasteiger partial charge in [-0.05, 0) is 48.7 Å². The molecule has 2 aromatic rings. The van der Waals surface area contributed by atoms with E-state index < -0.39 is 10.0 Å². The van der Waals surface area contributed by atoms with E-state index in [0.717, 1.165) is 30.4 Å². The molecule has 0 bridgehead atoms. The van der Waals surface area contributed by atoms with Crippen molar-refractivity contribution >= 4 is 10.0 Å². The van der Waals surface area contributed by atoms with Crippen molar-refractivity contribution in [1.29, 1.82) is 0 Å². The average Bonchev–Trinajstić information content (AvgIpc) is 3.11. The molecule has 1 aliphatic heterocycles. The summed E-state index contributed by atoms with van der Waals surface area (Å²) in [7, 11) is -3.71. The van der Waals surface area contributed by atoms with Crippen molar-refractivity contribution in [1.82, 2.24) is 4.72 Å². The van der Waals surface area contributed by atoms with Crippen LogP contribution in [0.4, 0.5) is 0 Å². The number of rotatable bonds is 9. The normalized spacial score (nSPS) is 13.0. The van der Waals surface area contributed by atoms with Crippen molar-refractivity contribution in [2.75, 3.05) is 13.4 Å². The van der Waals surface area contributed by atoms with Gasteiger partial charge in [0.2, 0.25) is 16.8 Å². The molecule has 0 saturated heterocycles. The summed E-state index contributed by atoms with van der Waals surface area (Å²) < 4.78 is 44.6. The van der Waals surface area contributed by atoms with E-state index in [1.54, 1.807) is 30.3 Å². The highest BCUT2D eigenvalue weighted by Crippen LogP contribution is 2.32. The topological polar surface area (TPSA) is 73.9 Å². The van der Waals surface area contributed by atoms with E-state index in [9.17, 15) is 8.42 Å². The molecule has 0 atom stereocenters. The van der Waals surface area contributed by atoms with Crippen LogP contribution < -0.4 is 18.9 Å². The molecule has 27 heavy (non-hydrogen) atoms. The first-order valence-electron chi connectivity index (χ1n) is 9.11. The van der Waals surface area contributed by atoms with Crippen LogP contribution in [-0.4, -0.2) is 21.8 Å². The lowest BCUT2D eigenvalue weighted by Gasteiger charge is -2.14. The Kier molecular flexibility index (Phi) is 6.23. The van der Waals surface area contributed by atoms with Crippen LogP contribution in [-0.2, 0) is 16.6 Å². The van der Waals surface area contributed by atoms with Gasteiger partial charge in [0.25, 0.3) is 0 Å². The molecule has 0 unspecified atom stereocenters. The molecule has 0 aliphatic carbocycles. The van der Waals surface area contributed by atoms with E-state index in [1.807, 2.05) is 13.0 Å². The lowest BCUT2D eigenvalue weighted by molar-refractivity contribution is 0.174. The van der Waals surface area contributed by atoms with Gasteiger partial charge in [-0.15, -0.1) is 0 Å². The second-order valence-corrected chi connectivity index (χ2v) is 8.25. The Balaban J connectivity index is 1.72. The number of nitrogens with one attached hydrogen (secondary N) is 1. The van der Waals surface area contributed by atoms with Crippen LogP contribution in [0.3, 0.4) is 0 Å². The Labute approximate surface area is 160 Å². The maximum Gasteiger partial charge on any atom is 0.244 e. The minimum Gasteiger partial charge on any atom is -0.492 e. The van der Waals surface area contributed by atoms with Crippen LogP contribution in [0.2, 0.25) is 0 Å². The summed E-state index contributed by atoms with van der Waals surface area (Å²) in [5, 5.41) is 0. The Morgan fingerprint density at radius 1 is 1.07 bits per heavy atom. The zero-order valence-corrected chi connectivity index (χ0v) is 16.5.